The van der Waals surface area contributed by atoms with Crippen molar-refractivity contribution in [2.45, 2.75) is 12.5 Å². The molecule has 1 amide bonds. The number of benzene rings is 1. The van der Waals surface area contributed by atoms with Crippen molar-refractivity contribution in [2.24, 2.45) is 0 Å². The van der Waals surface area contributed by atoms with E-state index in [1.54, 1.807) is 6.07 Å². The summed E-state index contributed by atoms with van der Waals surface area (Å²) in [6, 6.07) is 8.20. The second kappa shape index (κ2) is 6.76. The van der Waals surface area contributed by atoms with Gasteiger partial charge in [-0.25, -0.2) is 4.39 Å². The number of hydrogen-bond donors (Lipinski definition) is 2. The molecule has 2 N–H and O–H groups in total. The monoisotopic (exact) mass is 344 g/mol. The Morgan fingerprint density at radius 2 is 2.00 bits per heavy atom. The van der Waals surface area contributed by atoms with E-state index >= 15 is 0 Å². The summed E-state index contributed by atoms with van der Waals surface area (Å²) in [5.41, 5.74) is 1.68. The third-order valence-electron chi connectivity index (χ3n) is 3.52. The fraction of sp³-hybridized carbons (Fsp3) is 0.118. The number of pyridine rings is 1. The van der Waals surface area contributed by atoms with E-state index in [4.69, 9.17) is 5.11 Å². The molecule has 7 heteroatoms. The van der Waals surface area contributed by atoms with Gasteiger partial charge in [-0.05, 0) is 35.2 Å². The lowest BCUT2D eigenvalue weighted by atomic mass is 10.0. The lowest BCUT2D eigenvalue weighted by Gasteiger charge is -2.17. The third-order valence-corrected chi connectivity index (χ3v) is 4.37. The smallest absolute Gasteiger partial charge is 0.305 e. The number of fused-ring (bicyclic) bond motifs is 1. The highest BCUT2D eigenvalue weighted by Gasteiger charge is 2.19. The molecule has 1 unspecified atom stereocenters. The Balaban J connectivity index is 1.84. The van der Waals surface area contributed by atoms with Crippen molar-refractivity contribution < 1.29 is 19.1 Å². The minimum atomic E-state index is -1.06. The topological polar surface area (TPSA) is 79.3 Å². The first-order valence-electron chi connectivity index (χ1n) is 7.14. The number of rotatable bonds is 5. The largest absolute Gasteiger partial charge is 0.481 e. The van der Waals surface area contributed by atoms with Crippen LogP contribution >= 0.6 is 11.3 Å². The Labute approximate surface area is 140 Å². The zero-order valence-corrected chi connectivity index (χ0v) is 13.2. The minimum absolute atomic E-state index is 0.300. The zero-order chi connectivity index (χ0) is 17.1. The number of halogens is 1. The lowest BCUT2D eigenvalue weighted by molar-refractivity contribution is -0.137. The molecule has 122 valence electrons. The van der Waals surface area contributed by atoms with Gasteiger partial charge in [-0.2, -0.15) is 0 Å². The Morgan fingerprint density at radius 1 is 1.25 bits per heavy atom. The highest BCUT2D eigenvalue weighted by Crippen LogP contribution is 2.21. The van der Waals surface area contributed by atoms with Crippen LogP contribution in [0.25, 0.3) is 10.2 Å². The van der Waals surface area contributed by atoms with Crippen LogP contribution in [-0.4, -0.2) is 22.0 Å². The second-order valence-electron chi connectivity index (χ2n) is 5.20. The molecule has 2 aromatic heterocycles. The quantitative estimate of drug-likeness (QED) is 0.744. The molecule has 0 aliphatic carbocycles. The predicted molar refractivity (Wildman–Crippen MR) is 88.5 cm³/mol. The molecule has 0 saturated heterocycles. The molecule has 24 heavy (non-hydrogen) atoms. The van der Waals surface area contributed by atoms with E-state index in [2.05, 4.69) is 10.3 Å². The van der Waals surface area contributed by atoms with Crippen molar-refractivity contribution in [2.75, 3.05) is 0 Å². The van der Waals surface area contributed by atoms with Crippen LogP contribution in [0.3, 0.4) is 0 Å². The number of carboxylic acid groups (broad SMARTS) is 1. The van der Waals surface area contributed by atoms with E-state index in [0.717, 1.165) is 10.2 Å². The average Bonchev–Trinajstić information content (AvgIpc) is 3.02. The van der Waals surface area contributed by atoms with E-state index in [1.165, 1.54) is 41.8 Å². The van der Waals surface area contributed by atoms with Crippen LogP contribution in [0.2, 0.25) is 0 Å². The van der Waals surface area contributed by atoms with Crippen molar-refractivity contribution in [3.8, 4) is 0 Å². The Hall–Kier alpha value is -2.80. The molecule has 3 aromatic rings. The number of nitrogens with zero attached hydrogens (tertiary/aromatic N) is 1. The molecule has 0 saturated carbocycles. The maximum Gasteiger partial charge on any atom is 0.305 e. The SMILES string of the molecule is O=C(O)CC(NC(=O)c1cnc2ccsc2c1)c1ccc(F)cc1. The van der Waals surface area contributed by atoms with E-state index in [0.29, 0.717) is 11.1 Å². The molecule has 5 nitrogen and oxygen atoms in total. The Kier molecular flexibility index (Phi) is 4.52. The number of nitrogens with one attached hydrogen (secondary N) is 1. The van der Waals surface area contributed by atoms with E-state index in [-0.39, 0.29) is 6.42 Å². The van der Waals surface area contributed by atoms with Gasteiger partial charge in [-0.1, -0.05) is 12.1 Å². The van der Waals surface area contributed by atoms with Crippen molar-refractivity contribution in [1.29, 1.82) is 0 Å². The molecular formula is C17H13FN2O3S. The highest BCUT2D eigenvalue weighted by molar-refractivity contribution is 7.17. The Morgan fingerprint density at radius 3 is 2.71 bits per heavy atom. The average molecular weight is 344 g/mol. The van der Waals surface area contributed by atoms with Crippen molar-refractivity contribution in [1.82, 2.24) is 10.3 Å². The standard InChI is InChI=1S/C17H13FN2O3S/c18-12-3-1-10(2-4-12)14(8-16(21)22)20-17(23)11-7-15-13(19-9-11)5-6-24-15/h1-7,9,14H,8H2,(H,20,23)(H,21,22). The van der Waals surface area contributed by atoms with Gasteiger partial charge in [0.05, 0.1) is 28.2 Å². The number of carboxylic acids is 1. The summed E-state index contributed by atoms with van der Waals surface area (Å²) in [6.07, 6.45) is 1.15. The van der Waals surface area contributed by atoms with E-state index in [1.807, 2.05) is 11.4 Å². The highest BCUT2D eigenvalue weighted by atomic mass is 32.1. The van der Waals surface area contributed by atoms with Gasteiger partial charge in [-0.3, -0.25) is 14.6 Å². The van der Waals surface area contributed by atoms with Gasteiger partial charge in [0, 0.05) is 6.20 Å². The van der Waals surface area contributed by atoms with Crippen LogP contribution in [0.4, 0.5) is 4.39 Å². The molecule has 2 heterocycles. The minimum Gasteiger partial charge on any atom is -0.481 e. The molecule has 3 rings (SSSR count). The first-order valence-corrected chi connectivity index (χ1v) is 8.02. The third kappa shape index (κ3) is 3.57. The summed E-state index contributed by atoms with van der Waals surface area (Å²) in [6.45, 7) is 0. The number of aliphatic carboxylic acids is 1. The molecule has 0 aliphatic rings. The first kappa shape index (κ1) is 16.1. The van der Waals surface area contributed by atoms with Crippen LogP contribution < -0.4 is 5.32 Å². The second-order valence-corrected chi connectivity index (χ2v) is 6.15. The fourth-order valence-corrected chi connectivity index (χ4v) is 3.11. The van der Waals surface area contributed by atoms with Gasteiger partial charge in [0.2, 0.25) is 0 Å². The van der Waals surface area contributed by atoms with E-state index < -0.39 is 23.7 Å². The molecule has 0 aliphatic heterocycles. The summed E-state index contributed by atoms with van der Waals surface area (Å²) in [4.78, 5) is 27.7. The normalized spacial score (nSPS) is 12.0. The number of carbonyl (C=O) groups excluding carboxylic acids is 1. The number of hydrogen-bond acceptors (Lipinski definition) is 4. The molecule has 1 aromatic carbocycles. The van der Waals surface area contributed by atoms with Gasteiger partial charge in [0.25, 0.3) is 5.91 Å². The number of carbonyl (C=O) groups is 2. The summed E-state index contributed by atoms with van der Waals surface area (Å²) in [7, 11) is 0. The van der Waals surface area contributed by atoms with Gasteiger partial charge >= 0.3 is 5.97 Å². The summed E-state index contributed by atoms with van der Waals surface area (Å²) in [5.74, 6) is -1.91. The molecule has 0 fully saturated rings. The number of amides is 1. The van der Waals surface area contributed by atoms with Crippen LogP contribution in [0.15, 0.2) is 48.0 Å². The number of aromatic nitrogens is 1. The molecule has 1 atom stereocenters. The molecule has 0 bridgehead atoms. The van der Waals surface area contributed by atoms with Gasteiger partial charge in [0.15, 0.2) is 0 Å². The van der Waals surface area contributed by atoms with Gasteiger partial charge < -0.3 is 10.4 Å². The van der Waals surface area contributed by atoms with E-state index in [9.17, 15) is 14.0 Å². The van der Waals surface area contributed by atoms with Crippen LogP contribution in [0.1, 0.15) is 28.4 Å². The van der Waals surface area contributed by atoms with Crippen molar-refractivity contribution >= 4 is 33.4 Å². The van der Waals surface area contributed by atoms with Crippen LogP contribution in [0, 0.1) is 5.82 Å². The lowest BCUT2D eigenvalue weighted by Crippen LogP contribution is -2.30. The van der Waals surface area contributed by atoms with Crippen molar-refractivity contribution in [3.63, 3.8) is 0 Å². The summed E-state index contributed by atoms with van der Waals surface area (Å²) < 4.78 is 13.9. The maximum atomic E-state index is 13.0. The zero-order valence-electron chi connectivity index (χ0n) is 12.4. The van der Waals surface area contributed by atoms with Gasteiger partial charge in [-0.15, -0.1) is 11.3 Å². The number of thiophene rings is 1. The molecular weight excluding hydrogens is 331 g/mol. The summed E-state index contributed by atoms with van der Waals surface area (Å²) in [5, 5.41) is 13.6. The van der Waals surface area contributed by atoms with Crippen molar-refractivity contribution in [3.05, 3.63) is 64.9 Å². The van der Waals surface area contributed by atoms with Crippen LogP contribution in [-0.2, 0) is 4.79 Å². The predicted octanol–water partition coefficient (Wildman–Crippen LogP) is 3.38. The first-order chi connectivity index (χ1) is 11.5. The maximum absolute atomic E-state index is 13.0. The molecule has 0 radical (unpaired) electrons. The molecule has 0 spiro atoms. The van der Waals surface area contributed by atoms with Gasteiger partial charge in [0.1, 0.15) is 5.82 Å². The fourth-order valence-electron chi connectivity index (χ4n) is 2.33. The summed E-state index contributed by atoms with van der Waals surface area (Å²) >= 11 is 1.47. The van der Waals surface area contributed by atoms with Crippen LogP contribution in [0.5, 0.6) is 0 Å². The Bertz CT molecular complexity index is 892.